The van der Waals surface area contributed by atoms with Crippen LogP contribution in [0.25, 0.3) is 0 Å². The second-order valence-electron chi connectivity index (χ2n) is 3.50. The van der Waals surface area contributed by atoms with Gasteiger partial charge in [-0.1, -0.05) is 12.1 Å². The molecule has 0 saturated carbocycles. The highest BCUT2D eigenvalue weighted by Crippen LogP contribution is 2.29. The third kappa shape index (κ3) is 1.52. The number of aryl methyl sites for hydroxylation is 1. The van der Waals surface area contributed by atoms with Gasteiger partial charge >= 0.3 is 0 Å². The summed E-state index contributed by atoms with van der Waals surface area (Å²) in [4.78, 5) is 11.7. The van der Waals surface area contributed by atoms with Gasteiger partial charge in [-0.2, -0.15) is 0 Å². The van der Waals surface area contributed by atoms with E-state index in [0.29, 0.717) is 13.0 Å². The van der Waals surface area contributed by atoms with Gasteiger partial charge in [0.15, 0.2) is 5.78 Å². The Hall–Kier alpha value is -1.31. The molecule has 0 radical (unpaired) electrons. The molecule has 0 spiro atoms. The number of ketones is 1. The van der Waals surface area contributed by atoms with E-state index in [9.17, 15) is 4.79 Å². The summed E-state index contributed by atoms with van der Waals surface area (Å²) in [5, 5.41) is 0. The lowest BCUT2D eigenvalue weighted by Gasteiger charge is -2.17. The zero-order chi connectivity index (χ0) is 9.97. The maximum Gasteiger partial charge on any atom is 0.166 e. The van der Waals surface area contributed by atoms with Gasteiger partial charge in [0, 0.05) is 6.42 Å². The Morgan fingerprint density at radius 2 is 2.21 bits per heavy atom. The van der Waals surface area contributed by atoms with Crippen LogP contribution in [0.2, 0.25) is 0 Å². The second-order valence-corrected chi connectivity index (χ2v) is 3.50. The van der Waals surface area contributed by atoms with Gasteiger partial charge in [-0.3, -0.25) is 4.79 Å². The predicted molar refractivity (Wildman–Crippen MR) is 54.9 cm³/mol. The lowest BCUT2D eigenvalue weighted by atomic mass is 9.90. The van der Waals surface area contributed by atoms with Crippen LogP contribution in [0.15, 0.2) is 18.2 Å². The first-order chi connectivity index (χ1) is 6.83. The van der Waals surface area contributed by atoms with Crippen LogP contribution in [0, 0.1) is 0 Å². The molecular formula is C12H14O2. The van der Waals surface area contributed by atoms with E-state index in [0.717, 1.165) is 29.7 Å². The van der Waals surface area contributed by atoms with Crippen molar-refractivity contribution in [2.24, 2.45) is 0 Å². The zero-order valence-electron chi connectivity index (χ0n) is 8.38. The largest absolute Gasteiger partial charge is 0.493 e. The summed E-state index contributed by atoms with van der Waals surface area (Å²) in [5.74, 6) is 0.991. The quantitative estimate of drug-likeness (QED) is 0.716. The third-order valence-electron chi connectivity index (χ3n) is 2.54. The van der Waals surface area contributed by atoms with Crippen molar-refractivity contribution in [3.05, 3.63) is 29.3 Å². The van der Waals surface area contributed by atoms with Gasteiger partial charge in [0.2, 0.25) is 0 Å². The van der Waals surface area contributed by atoms with E-state index in [-0.39, 0.29) is 5.78 Å². The van der Waals surface area contributed by atoms with Crippen LogP contribution in [0.3, 0.4) is 0 Å². The summed E-state index contributed by atoms with van der Waals surface area (Å²) in [6.07, 6.45) is 2.64. The molecule has 2 heteroatoms. The van der Waals surface area contributed by atoms with E-state index in [2.05, 4.69) is 0 Å². The molecule has 0 heterocycles. The minimum Gasteiger partial charge on any atom is -0.493 e. The lowest BCUT2D eigenvalue weighted by molar-refractivity contribution is 0.0968. The molecule has 1 aliphatic rings. The molecule has 2 nitrogen and oxygen atoms in total. The molecule has 74 valence electrons. The fraction of sp³-hybridized carbons (Fsp3) is 0.417. The van der Waals surface area contributed by atoms with Crippen molar-refractivity contribution in [3.63, 3.8) is 0 Å². The van der Waals surface area contributed by atoms with Gasteiger partial charge in [0.05, 0.1) is 12.2 Å². The molecular weight excluding hydrogens is 176 g/mol. The van der Waals surface area contributed by atoms with E-state index in [1.54, 1.807) is 0 Å². The molecule has 0 N–H and O–H groups in total. The van der Waals surface area contributed by atoms with Crippen molar-refractivity contribution >= 4 is 5.78 Å². The molecule has 0 bridgehead atoms. The van der Waals surface area contributed by atoms with Crippen molar-refractivity contribution < 1.29 is 9.53 Å². The van der Waals surface area contributed by atoms with Crippen LogP contribution in [0.1, 0.15) is 35.7 Å². The summed E-state index contributed by atoms with van der Waals surface area (Å²) in [6.45, 7) is 2.55. The molecule has 0 amide bonds. The van der Waals surface area contributed by atoms with Crippen LogP contribution in [0.5, 0.6) is 5.75 Å². The van der Waals surface area contributed by atoms with Crippen LogP contribution < -0.4 is 4.74 Å². The summed E-state index contributed by atoms with van der Waals surface area (Å²) < 4.78 is 5.45. The highest BCUT2D eigenvalue weighted by Gasteiger charge is 2.20. The summed E-state index contributed by atoms with van der Waals surface area (Å²) >= 11 is 0. The number of fused-ring (bicyclic) bond motifs is 1. The number of carbonyl (C=O) groups is 1. The summed E-state index contributed by atoms with van der Waals surface area (Å²) in [6, 6.07) is 5.86. The molecule has 0 aromatic heterocycles. The molecule has 1 aromatic carbocycles. The number of ether oxygens (including phenoxy) is 1. The lowest BCUT2D eigenvalue weighted by Crippen LogP contribution is -2.12. The fourth-order valence-electron chi connectivity index (χ4n) is 1.94. The van der Waals surface area contributed by atoms with Crippen LogP contribution in [0.4, 0.5) is 0 Å². The molecule has 1 aliphatic carbocycles. The van der Waals surface area contributed by atoms with E-state index in [1.165, 1.54) is 0 Å². The van der Waals surface area contributed by atoms with Gasteiger partial charge in [0.25, 0.3) is 0 Å². The molecule has 0 saturated heterocycles. The zero-order valence-corrected chi connectivity index (χ0v) is 8.38. The molecule has 2 rings (SSSR count). The number of Topliss-reactive ketones (excluding diaryl/α,β-unsaturated/α-hetero) is 1. The molecule has 0 aliphatic heterocycles. The molecule has 0 fully saturated rings. The first-order valence-electron chi connectivity index (χ1n) is 5.11. The number of rotatable bonds is 2. The van der Waals surface area contributed by atoms with Crippen molar-refractivity contribution in [2.75, 3.05) is 6.61 Å². The first-order valence-corrected chi connectivity index (χ1v) is 5.11. The monoisotopic (exact) mass is 190 g/mol. The Morgan fingerprint density at radius 3 is 3.00 bits per heavy atom. The van der Waals surface area contributed by atoms with Crippen LogP contribution in [-0.4, -0.2) is 12.4 Å². The Labute approximate surface area is 83.9 Å². The Morgan fingerprint density at radius 1 is 1.36 bits per heavy atom. The van der Waals surface area contributed by atoms with Crippen LogP contribution in [-0.2, 0) is 6.42 Å². The Kier molecular flexibility index (Phi) is 2.53. The van der Waals surface area contributed by atoms with E-state index in [1.807, 2.05) is 25.1 Å². The SMILES string of the molecule is CCOc1cccc2c1C(=O)CCC2. The average molecular weight is 190 g/mol. The number of benzene rings is 1. The highest BCUT2D eigenvalue weighted by atomic mass is 16.5. The third-order valence-corrected chi connectivity index (χ3v) is 2.54. The maximum absolute atomic E-state index is 11.7. The standard InChI is InChI=1S/C12H14O2/c1-2-14-11-8-4-6-9-5-3-7-10(13)12(9)11/h4,6,8H,2-3,5,7H2,1H3. The summed E-state index contributed by atoms with van der Waals surface area (Å²) in [7, 11) is 0. The minimum atomic E-state index is 0.232. The minimum absolute atomic E-state index is 0.232. The molecule has 1 aromatic rings. The average Bonchev–Trinajstić information content (AvgIpc) is 2.19. The smallest absolute Gasteiger partial charge is 0.166 e. The predicted octanol–water partition coefficient (Wildman–Crippen LogP) is 2.60. The van der Waals surface area contributed by atoms with Crippen molar-refractivity contribution in [3.8, 4) is 5.75 Å². The van der Waals surface area contributed by atoms with Gasteiger partial charge in [-0.15, -0.1) is 0 Å². The fourth-order valence-corrected chi connectivity index (χ4v) is 1.94. The van der Waals surface area contributed by atoms with E-state index < -0.39 is 0 Å². The highest BCUT2D eigenvalue weighted by molar-refractivity contribution is 6.01. The first kappa shape index (κ1) is 9.25. The number of hydrogen-bond donors (Lipinski definition) is 0. The normalized spacial score (nSPS) is 15.1. The Bertz CT molecular complexity index is 355. The molecule has 0 atom stereocenters. The Balaban J connectivity index is 2.46. The number of hydrogen-bond acceptors (Lipinski definition) is 2. The van der Waals surface area contributed by atoms with Crippen molar-refractivity contribution in [2.45, 2.75) is 26.2 Å². The topological polar surface area (TPSA) is 26.3 Å². The maximum atomic E-state index is 11.7. The van der Waals surface area contributed by atoms with Crippen molar-refractivity contribution in [1.29, 1.82) is 0 Å². The van der Waals surface area contributed by atoms with Crippen molar-refractivity contribution in [1.82, 2.24) is 0 Å². The van der Waals surface area contributed by atoms with Gasteiger partial charge in [-0.25, -0.2) is 0 Å². The molecule has 14 heavy (non-hydrogen) atoms. The van der Waals surface area contributed by atoms with Crippen LogP contribution >= 0.6 is 0 Å². The number of carbonyl (C=O) groups excluding carboxylic acids is 1. The second kappa shape index (κ2) is 3.82. The van der Waals surface area contributed by atoms with Gasteiger partial charge < -0.3 is 4.74 Å². The van der Waals surface area contributed by atoms with E-state index in [4.69, 9.17) is 4.74 Å². The van der Waals surface area contributed by atoms with Gasteiger partial charge in [-0.05, 0) is 31.4 Å². The summed E-state index contributed by atoms with van der Waals surface area (Å²) in [5.41, 5.74) is 1.97. The van der Waals surface area contributed by atoms with Gasteiger partial charge in [0.1, 0.15) is 5.75 Å². The molecule has 0 unspecified atom stereocenters. The van der Waals surface area contributed by atoms with E-state index >= 15 is 0 Å².